The van der Waals surface area contributed by atoms with Crippen molar-refractivity contribution in [2.24, 2.45) is 17.8 Å². The van der Waals surface area contributed by atoms with Crippen molar-refractivity contribution in [3.05, 3.63) is 162 Å². The molecule has 6 aromatic carbocycles. The van der Waals surface area contributed by atoms with Gasteiger partial charge in [-0.25, -0.2) is 4.98 Å². The van der Waals surface area contributed by atoms with Crippen LogP contribution in [0.25, 0.3) is 32.4 Å². The van der Waals surface area contributed by atoms with Gasteiger partial charge in [0, 0.05) is 51.5 Å². The Labute approximate surface area is 376 Å². The number of aryl methyl sites for hydroxylation is 1. The number of thiazole rings is 1. The number of carbonyl (C=O) groups is 3. The fourth-order valence-electron chi connectivity index (χ4n) is 6.51. The van der Waals surface area contributed by atoms with Gasteiger partial charge in [0.15, 0.2) is 33.6 Å². The molecule has 0 spiro atoms. The monoisotopic (exact) mass is 870 g/mol. The molecule has 324 valence electrons. The first-order chi connectivity index (χ1) is 30.8. The van der Waals surface area contributed by atoms with E-state index in [1.165, 1.54) is 0 Å². The lowest BCUT2D eigenvalue weighted by Gasteiger charge is -2.06. The zero-order chi connectivity index (χ0) is 45.3. The first-order valence-corrected chi connectivity index (χ1v) is 21.9. The van der Waals surface area contributed by atoms with Crippen LogP contribution >= 0.6 is 11.3 Å². The number of rotatable bonds is 12. The summed E-state index contributed by atoms with van der Waals surface area (Å²) in [6.45, 7) is 13.4. The van der Waals surface area contributed by atoms with E-state index in [-0.39, 0.29) is 35.1 Å². The molecule has 0 saturated carbocycles. The largest absolute Gasteiger partial charge is 0.423 e. The zero-order valence-corrected chi connectivity index (χ0v) is 37.6. The van der Waals surface area contributed by atoms with Gasteiger partial charge in [0.2, 0.25) is 0 Å². The average molecular weight is 871 g/mol. The van der Waals surface area contributed by atoms with Gasteiger partial charge in [-0.1, -0.05) is 89.3 Å². The smallest absolute Gasteiger partial charge is 0.300 e. The number of para-hydroxylation sites is 4. The van der Waals surface area contributed by atoms with E-state index in [1.54, 1.807) is 11.3 Å². The van der Waals surface area contributed by atoms with Gasteiger partial charge in [0.1, 0.15) is 11.0 Å². The fourth-order valence-corrected chi connectivity index (χ4v) is 7.40. The minimum Gasteiger partial charge on any atom is -0.423 e. The minimum atomic E-state index is -0.00109. The SMILES string of the molecule is CC(C)C(=O)c1ccc(Nc2nc3ccccc3o2)cc1.CC(C)C(=O)c1ccc(Nc2nc3ccccc3s2)cc1.Cc1cccc2oc(Nc3ccc(C(=O)C(C)C)cc3)nc12. The standard InChI is InChI=1S/C18H18N2O2.C17H16N2O2.C17H16N2OS/c1-11(2)17(21)13-7-9-14(10-8-13)19-18-20-16-12(3)5-4-6-15(16)22-18;2*1-11(2)16(20)12-7-9-13(10-8-12)18-17-19-14-5-3-4-6-15(14)21-17/h4-11H,1-3H3,(H,19,20);2*3-11H,1-2H3,(H,18,19). The van der Waals surface area contributed by atoms with Gasteiger partial charge < -0.3 is 24.8 Å². The van der Waals surface area contributed by atoms with Crippen molar-refractivity contribution < 1.29 is 23.2 Å². The van der Waals surface area contributed by atoms with E-state index >= 15 is 0 Å². The number of benzene rings is 6. The van der Waals surface area contributed by atoms with E-state index in [4.69, 9.17) is 8.83 Å². The van der Waals surface area contributed by atoms with Gasteiger partial charge in [-0.2, -0.15) is 9.97 Å². The summed E-state index contributed by atoms with van der Waals surface area (Å²) in [5.74, 6) is 0.474. The Morgan fingerprint density at radius 2 is 0.906 bits per heavy atom. The van der Waals surface area contributed by atoms with Gasteiger partial charge >= 0.3 is 0 Å². The molecule has 3 heterocycles. The highest BCUT2D eigenvalue weighted by atomic mass is 32.1. The van der Waals surface area contributed by atoms with E-state index in [2.05, 4.69) is 37.0 Å². The summed E-state index contributed by atoms with van der Waals surface area (Å²) in [5.41, 5.74) is 10.0. The summed E-state index contributed by atoms with van der Waals surface area (Å²) in [6.07, 6.45) is 0. The molecule has 0 unspecified atom stereocenters. The first-order valence-electron chi connectivity index (χ1n) is 21.1. The lowest BCUT2D eigenvalue weighted by molar-refractivity contribution is 0.0932. The highest BCUT2D eigenvalue weighted by Crippen LogP contribution is 2.29. The van der Waals surface area contributed by atoms with E-state index in [0.29, 0.717) is 23.2 Å². The van der Waals surface area contributed by atoms with E-state index in [1.807, 2.05) is 182 Å². The number of carbonyl (C=O) groups excluding carboxylic acids is 3. The van der Waals surface area contributed by atoms with Crippen LogP contribution in [0.3, 0.4) is 0 Å². The summed E-state index contributed by atoms with van der Waals surface area (Å²) in [5, 5.41) is 10.4. The van der Waals surface area contributed by atoms with Crippen LogP contribution < -0.4 is 16.0 Å². The molecule has 0 atom stereocenters. The number of oxazole rings is 2. The number of aromatic nitrogens is 3. The molecule has 64 heavy (non-hydrogen) atoms. The maximum Gasteiger partial charge on any atom is 0.300 e. The van der Waals surface area contributed by atoms with Crippen LogP contribution in [0, 0.1) is 24.7 Å². The van der Waals surface area contributed by atoms with Gasteiger partial charge in [-0.15, -0.1) is 0 Å². The molecule has 9 rings (SSSR count). The highest BCUT2D eigenvalue weighted by Gasteiger charge is 2.14. The third-order valence-corrected chi connectivity index (χ3v) is 11.0. The number of Topliss-reactive ketones (excluding diaryl/α,β-unsaturated/α-hetero) is 3. The second kappa shape index (κ2) is 20.2. The maximum absolute atomic E-state index is 11.9. The van der Waals surface area contributed by atoms with Gasteiger partial charge in [0.25, 0.3) is 12.0 Å². The molecule has 3 aromatic heterocycles. The van der Waals surface area contributed by atoms with Crippen LogP contribution in [-0.2, 0) is 0 Å². The third-order valence-electron chi connectivity index (χ3n) is 10.0. The normalized spacial score (nSPS) is 11.0. The van der Waals surface area contributed by atoms with E-state index in [0.717, 1.165) is 65.7 Å². The Hall–Kier alpha value is -7.44. The Morgan fingerprint density at radius 3 is 1.39 bits per heavy atom. The summed E-state index contributed by atoms with van der Waals surface area (Å²) in [7, 11) is 0. The second-order valence-electron chi connectivity index (χ2n) is 16.1. The highest BCUT2D eigenvalue weighted by molar-refractivity contribution is 7.22. The fraction of sp³-hybridized carbons (Fsp3) is 0.192. The minimum absolute atomic E-state index is 0.000786. The Morgan fingerprint density at radius 1 is 0.469 bits per heavy atom. The van der Waals surface area contributed by atoms with Crippen LogP contribution in [0.15, 0.2) is 148 Å². The summed E-state index contributed by atoms with van der Waals surface area (Å²) in [4.78, 5) is 49.0. The zero-order valence-electron chi connectivity index (χ0n) is 36.8. The quantitative estimate of drug-likeness (QED) is 0.101. The molecule has 3 N–H and O–H groups in total. The van der Waals surface area contributed by atoms with Crippen molar-refractivity contribution in [3.8, 4) is 0 Å². The molecular weight excluding hydrogens is 821 g/mol. The number of ketones is 3. The van der Waals surface area contributed by atoms with E-state index in [9.17, 15) is 14.4 Å². The van der Waals surface area contributed by atoms with Gasteiger partial charge in [0.05, 0.1) is 10.2 Å². The molecule has 0 saturated heterocycles. The van der Waals surface area contributed by atoms with Crippen molar-refractivity contribution in [2.75, 3.05) is 16.0 Å². The van der Waals surface area contributed by atoms with Crippen LogP contribution in [0.2, 0.25) is 0 Å². The van der Waals surface area contributed by atoms with Crippen molar-refractivity contribution in [1.29, 1.82) is 0 Å². The lowest BCUT2D eigenvalue weighted by Crippen LogP contribution is -2.07. The summed E-state index contributed by atoms with van der Waals surface area (Å²) >= 11 is 1.62. The van der Waals surface area contributed by atoms with Crippen molar-refractivity contribution in [2.45, 2.75) is 48.5 Å². The van der Waals surface area contributed by atoms with Crippen molar-refractivity contribution >= 4 is 95.3 Å². The molecule has 0 bridgehead atoms. The van der Waals surface area contributed by atoms with Gasteiger partial charge in [-0.05, 0) is 116 Å². The molecule has 0 aliphatic heterocycles. The molecule has 0 amide bonds. The summed E-state index contributed by atoms with van der Waals surface area (Å²) < 4.78 is 12.4. The number of hydrogen-bond acceptors (Lipinski definition) is 12. The molecule has 0 aliphatic carbocycles. The predicted molar refractivity (Wildman–Crippen MR) is 259 cm³/mol. The molecule has 0 aliphatic rings. The average Bonchev–Trinajstić information content (AvgIpc) is 4.03. The number of nitrogens with one attached hydrogen (secondary N) is 3. The lowest BCUT2D eigenvalue weighted by atomic mass is 10.0. The number of hydrogen-bond donors (Lipinski definition) is 3. The molecule has 0 radical (unpaired) electrons. The second-order valence-corrected chi connectivity index (χ2v) is 17.1. The summed E-state index contributed by atoms with van der Waals surface area (Å²) in [6, 6.07) is 44.6. The molecular formula is C52H50N6O5S. The van der Waals surface area contributed by atoms with Crippen molar-refractivity contribution in [1.82, 2.24) is 15.0 Å². The van der Waals surface area contributed by atoms with Crippen LogP contribution in [0.4, 0.5) is 34.2 Å². The maximum atomic E-state index is 11.9. The first kappa shape index (κ1) is 44.6. The van der Waals surface area contributed by atoms with E-state index < -0.39 is 0 Å². The number of nitrogens with zero attached hydrogens (tertiary/aromatic N) is 3. The molecule has 9 aromatic rings. The van der Waals surface area contributed by atoms with Crippen molar-refractivity contribution in [3.63, 3.8) is 0 Å². The van der Waals surface area contributed by atoms with Crippen LogP contribution in [0.1, 0.15) is 78.2 Å². The number of anilines is 6. The van der Waals surface area contributed by atoms with Crippen LogP contribution in [-0.4, -0.2) is 32.3 Å². The van der Waals surface area contributed by atoms with Gasteiger partial charge in [-0.3, -0.25) is 14.4 Å². The number of fused-ring (bicyclic) bond motifs is 3. The molecule has 12 heteroatoms. The predicted octanol–water partition coefficient (Wildman–Crippen LogP) is 14.0. The Kier molecular flexibility index (Phi) is 14.1. The Balaban J connectivity index is 0.000000144. The third kappa shape index (κ3) is 11.1. The molecule has 11 nitrogen and oxygen atoms in total. The van der Waals surface area contributed by atoms with Crippen LogP contribution in [0.5, 0.6) is 0 Å². The topological polar surface area (TPSA) is 152 Å². The Bertz CT molecular complexity index is 2820. The molecule has 0 fully saturated rings.